The Balaban J connectivity index is 1.52. The van der Waals surface area contributed by atoms with Gasteiger partial charge in [0.1, 0.15) is 17.1 Å². The monoisotopic (exact) mass is 463 g/mol. The zero-order valence-electron chi connectivity index (χ0n) is 19.6. The second-order valence-corrected chi connectivity index (χ2v) is 8.92. The maximum atomic E-state index is 13.9. The van der Waals surface area contributed by atoms with E-state index in [1.54, 1.807) is 26.2 Å². The highest BCUT2D eigenvalue weighted by Gasteiger charge is 2.55. The highest BCUT2D eigenvalue weighted by Crippen LogP contribution is 2.37. The van der Waals surface area contributed by atoms with Crippen molar-refractivity contribution in [3.05, 3.63) is 65.5 Å². The lowest BCUT2D eigenvalue weighted by atomic mass is 9.74. The smallest absolute Gasteiger partial charge is 0.325 e. The van der Waals surface area contributed by atoms with Crippen LogP contribution in [0.3, 0.4) is 0 Å². The molecule has 1 N–H and O–H groups in total. The van der Waals surface area contributed by atoms with Crippen molar-refractivity contribution in [1.29, 1.82) is 0 Å². The Kier molecular flexibility index (Phi) is 7.18. The van der Waals surface area contributed by atoms with Gasteiger partial charge in [-0.3, -0.25) is 14.6 Å². The summed E-state index contributed by atoms with van der Waals surface area (Å²) in [6.07, 6.45) is 1.77. The number of methoxy groups -OCH3 is 1. The number of piperidine rings is 1. The summed E-state index contributed by atoms with van der Waals surface area (Å²) in [7, 11) is 1.65. The SMILES string of the molecule is CC#CCN1C(=O)NC(Cc2cccc(F)c2)(C2CCN(Cc3ccc(OC)cc3)CC2)C1=O. The number of hydrogen-bond donors (Lipinski definition) is 1. The van der Waals surface area contributed by atoms with Crippen LogP contribution >= 0.6 is 0 Å². The van der Waals surface area contributed by atoms with E-state index in [9.17, 15) is 14.0 Å². The zero-order valence-corrected chi connectivity index (χ0v) is 19.6. The van der Waals surface area contributed by atoms with Crippen LogP contribution in [0.4, 0.5) is 9.18 Å². The molecular weight excluding hydrogens is 433 g/mol. The van der Waals surface area contributed by atoms with Crippen LogP contribution in [0.15, 0.2) is 48.5 Å². The van der Waals surface area contributed by atoms with Crippen LogP contribution < -0.4 is 10.1 Å². The largest absolute Gasteiger partial charge is 0.497 e. The summed E-state index contributed by atoms with van der Waals surface area (Å²) in [6.45, 7) is 4.16. The minimum atomic E-state index is -1.09. The molecule has 34 heavy (non-hydrogen) atoms. The Morgan fingerprint density at radius 2 is 1.85 bits per heavy atom. The number of ether oxygens (including phenoxy) is 1. The molecule has 178 valence electrons. The molecule has 0 spiro atoms. The summed E-state index contributed by atoms with van der Waals surface area (Å²) >= 11 is 0. The summed E-state index contributed by atoms with van der Waals surface area (Å²) in [4.78, 5) is 30.0. The van der Waals surface area contributed by atoms with Crippen LogP contribution in [0, 0.1) is 23.6 Å². The number of halogens is 1. The van der Waals surface area contributed by atoms with Gasteiger partial charge in [-0.1, -0.05) is 30.2 Å². The van der Waals surface area contributed by atoms with E-state index in [-0.39, 0.29) is 30.6 Å². The molecule has 2 saturated heterocycles. The van der Waals surface area contributed by atoms with Gasteiger partial charge in [0.15, 0.2) is 0 Å². The van der Waals surface area contributed by atoms with E-state index in [2.05, 4.69) is 34.2 Å². The first-order valence-corrected chi connectivity index (χ1v) is 11.6. The van der Waals surface area contributed by atoms with Crippen molar-refractivity contribution in [3.63, 3.8) is 0 Å². The van der Waals surface area contributed by atoms with E-state index in [1.165, 1.54) is 22.6 Å². The van der Waals surface area contributed by atoms with E-state index in [0.29, 0.717) is 5.56 Å². The molecule has 0 aliphatic carbocycles. The van der Waals surface area contributed by atoms with E-state index >= 15 is 0 Å². The molecule has 0 bridgehead atoms. The van der Waals surface area contributed by atoms with Gasteiger partial charge in [0.25, 0.3) is 5.91 Å². The summed E-state index contributed by atoms with van der Waals surface area (Å²) in [6, 6.07) is 13.9. The van der Waals surface area contributed by atoms with Gasteiger partial charge in [-0.15, -0.1) is 5.92 Å². The Morgan fingerprint density at radius 1 is 1.12 bits per heavy atom. The molecule has 4 rings (SSSR count). The van der Waals surface area contributed by atoms with Gasteiger partial charge in [-0.25, -0.2) is 9.18 Å². The molecule has 1 atom stereocenters. The third-order valence-corrected chi connectivity index (χ3v) is 6.84. The molecular formula is C27H30FN3O3. The molecule has 2 heterocycles. The normalized spacial score (nSPS) is 21.2. The number of urea groups is 1. The summed E-state index contributed by atoms with van der Waals surface area (Å²) in [5, 5.41) is 3.01. The van der Waals surface area contributed by atoms with Crippen molar-refractivity contribution in [3.8, 4) is 17.6 Å². The molecule has 2 aromatic rings. The van der Waals surface area contributed by atoms with Crippen LogP contribution in [0.25, 0.3) is 0 Å². The number of nitrogens with zero attached hydrogens (tertiary/aromatic N) is 2. The quantitative estimate of drug-likeness (QED) is 0.504. The van der Waals surface area contributed by atoms with Crippen LogP contribution in [0.5, 0.6) is 5.75 Å². The van der Waals surface area contributed by atoms with Gasteiger partial charge in [-0.05, 0) is 74.2 Å². The van der Waals surface area contributed by atoms with E-state index in [4.69, 9.17) is 4.74 Å². The highest BCUT2D eigenvalue weighted by atomic mass is 19.1. The van der Waals surface area contributed by atoms with Gasteiger partial charge in [0.2, 0.25) is 0 Å². The number of rotatable bonds is 7. The highest BCUT2D eigenvalue weighted by molar-refractivity contribution is 6.07. The van der Waals surface area contributed by atoms with Crippen molar-refractivity contribution in [2.45, 2.75) is 38.3 Å². The van der Waals surface area contributed by atoms with Crippen molar-refractivity contribution < 1.29 is 18.7 Å². The summed E-state index contributed by atoms with van der Waals surface area (Å²) in [5.41, 5.74) is 0.799. The number of benzene rings is 2. The predicted octanol–water partition coefficient (Wildman–Crippen LogP) is 3.60. The molecule has 2 aliphatic heterocycles. The van der Waals surface area contributed by atoms with Crippen LogP contribution in [0.1, 0.15) is 30.9 Å². The second kappa shape index (κ2) is 10.3. The number of amides is 3. The van der Waals surface area contributed by atoms with Gasteiger partial charge in [0.05, 0.1) is 13.7 Å². The van der Waals surface area contributed by atoms with E-state index in [0.717, 1.165) is 38.2 Å². The molecule has 1 unspecified atom stereocenters. The minimum absolute atomic E-state index is 0.0566. The molecule has 2 aliphatic rings. The molecule has 2 fully saturated rings. The lowest BCUT2D eigenvalue weighted by molar-refractivity contribution is -0.133. The molecule has 0 aromatic heterocycles. The number of nitrogens with one attached hydrogen (secondary N) is 1. The number of carbonyl (C=O) groups excluding carboxylic acids is 2. The number of hydrogen-bond acceptors (Lipinski definition) is 4. The van der Waals surface area contributed by atoms with Crippen molar-refractivity contribution >= 4 is 11.9 Å². The third kappa shape index (κ3) is 4.92. The summed E-state index contributed by atoms with van der Waals surface area (Å²) < 4.78 is 19.1. The average molecular weight is 464 g/mol. The molecule has 2 aromatic carbocycles. The fourth-order valence-corrected chi connectivity index (χ4v) is 5.03. The standard InChI is InChI=1S/C27H30FN3O3/c1-3-4-14-31-25(32)27(29-26(31)33,18-21-6-5-7-23(28)17-21)22-12-15-30(16-13-22)19-20-8-10-24(34-2)11-9-20/h5-11,17,22H,12-16,18-19H2,1-2H3,(H,29,33). The predicted molar refractivity (Wildman–Crippen MR) is 128 cm³/mol. The van der Waals surface area contributed by atoms with Crippen LogP contribution in [-0.2, 0) is 17.8 Å². The van der Waals surface area contributed by atoms with Crippen molar-refractivity contribution in [2.24, 2.45) is 5.92 Å². The topological polar surface area (TPSA) is 61.9 Å². The molecule has 7 heteroatoms. The van der Waals surface area contributed by atoms with Gasteiger partial charge >= 0.3 is 6.03 Å². The first-order valence-electron chi connectivity index (χ1n) is 11.6. The van der Waals surface area contributed by atoms with E-state index in [1.807, 2.05) is 12.1 Å². The Morgan fingerprint density at radius 3 is 2.50 bits per heavy atom. The van der Waals surface area contributed by atoms with Crippen molar-refractivity contribution in [1.82, 2.24) is 15.1 Å². The summed E-state index contributed by atoms with van der Waals surface area (Å²) in [5.74, 6) is 5.72. The Labute approximate surface area is 200 Å². The van der Waals surface area contributed by atoms with Crippen LogP contribution in [0.2, 0.25) is 0 Å². The lowest BCUT2D eigenvalue weighted by Crippen LogP contribution is -2.57. The third-order valence-electron chi connectivity index (χ3n) is 6.84. The Bertz CT molecular complexity index is 1100. The molecule has 6 nitrogen and oxygen atoms in total. The maximum absolute atomic E-state index is 13.9. The fraction of sp³-hybridized carbons (Fsp3) is 0.407. The molecule has 0 radical (unpaired) electrons. The molecule has 0 saturated carbocycles. The second-order valence-electron chi connectivity index (χ2n) is 8.92. The number of carbonyl (C=O) groups is 2. The van der Waals surface area contributed by atoms with Gasteiger partial charge in [0, 0.05) is 13.0 Å². The average Bonchev–Trinajstić information content (AvgIpc) is 3.08. The van der Waals surface area contributed by atoms with Crippen molar-refractivity contribution in [2.75, 3.05) is 26.7 Å². The lowest BCUT2D eigenvalue weighted by Gasteiger charge is -2.41. The zero-order chi connectivity index (χ0) is 24.1. The first kappa shape index (κ1) is 23.8. The number of likely N-dealkylation sites (tertiary alicyclic amines) is 1. The Hall–Kier alpha value is -3.37. The number of imide groups is 1. The minimum Gasteiger partial charge on any atom is -0.497 e. The van der Waals surface area contributed by atoms with Crippen LogP contribution in [-0.4, -0.2) is 54.0 Å². The van der Waals surface area contributed by atoms with Gasteiger partial charge < -0.3 is 10.1 Å². The maximum Gasteiger partial charge on any atom is 0.325 e. The van der Waals surface area contributed by atoms with Gasteiger partial charge in [-0.2, -0.15) is 0 Å². The fourth-order valence-electron chi connectivity index (χ4n) is 5.03. The first-order chi connectivity index (χ1) is 16.4. The molecule has 3 amide bonds. The van der Waals surface area contributed by atoms with E-state index < -0.39 is 11.6 Å².